The van der Waals surface area contributed by atoms with Gasteiger partial charge in [-0.05, 0) is 79.8 Å². The van der Waals surface area contributed by atoms with Crippen molar-refractivity contribution in [3.8, 4) is 0 Å². The molecule has 0 radical (unpaired) electrons. The van der Waals surface area contributed by atoms with Gasteiger partial charge in [-0.3, -0.25) is 4.79 Å². The lowest BCUT2D eigenvalue weighted by Crippen LogP contribution is -2.43. The number of aldehydes is 1. The molecule has 50 heavy (non-hydrogen) atoms. The van der Waals surface area contributed by atoms with Crippen LogP contribution in [0.3, 0.4) is 0 Å². The van der Waals surface area contributed by atoms with E-state index < -0.39 is 22.2 Å². The van der Waals surface area contributed by atoms with Crippen molar-refractivity contribution in [2.24, 2.45) is 0 Å². The zero-order valence-electron chi connectivity index (χ0n) is 32.5. The Kier molecular flexibility index (Phi) is 15.1. The Morgan fingerprint density at radius 2 is 1.62 bits per heavy atom. The first-order valence-corrected chi connectivity index (χ1v) is 24.7. The number of aromatic nitrogens is 1. The third-order valence-electron chi connectivity index (χ3n) is 11.3. The van der Waals surface area contributed by atoms with E-state index in [9.17, 15) is 14.7 Å². The number of fused-ring (bicyclic) bond motifs is 1. The molecule has 2 aromatic rings. The van der Waals surface area contributed by atoms with Crippen molar-refractivity contribution >= 4 is 57.1 Å². The molecule has 9 nitrogen and oxygen atoms in total. The highest BCUT2D eigenvalue weighted by molar-refractivity contribution is 6.74. The molecule has 1 atom stereocenters. The van der Waals surface area contributed by atoms with Crippen LogP contribution in [0.1, 0.15) is 96.8 Å². The van der Waals surface area contributed by atoms with Gasteiger partial charge >= 0.3 is 0 Å². The zero-order chi connectivity index (χ0) is 37.4. The van der Waals surface area contributed by atoms with Gasteiger partial charge in [0.05, 0.1) is 28.3 Å². The quantitative estimate of drug-likeness (QED) is 0.0865. The molecule has 1 aliphatic heterocycles. The summed E-state index contributed by atoms with van der Waals surface area (Å²) in [4.78, 5) is 30.5. The fraction of sp³-hybridized carbons (Fsp3) is 0.711. The van der Waals surface area contributed by atoms with E-state index in [1.165, 1.54) is 0 Å². The number of carbonyl (C=O) groups is 2. The molecule has 2 heterocycles. The van der Waals surface area contributed by atoms with Crippen LogP contribution in [0, 0.1) is 0 Å². The van der Waals surface area contributed by atoms with E-state index in [0.717, 1.165) is 94.2 Å². The van der Waals surface area contributed by atoms with Gasteiger partial charge in [-0.15, -0.1) is 0 Å². The van der Waals surface area contributed by atoms with Crippen LogP contribution >= 0.6 is 11.6 Å². The molecule has 1 aliphatic carbocycles. The molecule has 0 spiro atoms. The standard InChI is InChI=1S/C30H47ClN4O3Si.C8H18O2Si/c1-29(2,3)39(4,5)38-19-17-32-22-14-18-35(20-22)26-13-10-23-25(34-26)12-11-24(31)27(23)28(36)33-21-30(37)15-8-6-7-9-16-30;1-8(2,3)11(4,5)10-7-6-9/h10-13,22,32,37H,6-9,14-21H2,1-5H3,(H,33,36);6H,7H2,1-5H3/t22-;/m0./s1. The first kappa shape index (κ1) is 42.5. The van der Waals surface area contributed by atoms with Gasteiger partial charge < -0.3 is 34.3 Å². The maximum absolute atomic E-state index is 13.2. The second-order valence-electron chi connectivity index (χ2n) is 17.2. The van der Waals surface area contributed by atoms with Gasteiger partial charge in [-0.2, -0.15) is 0 Å². The Hall–Kier alpha value is -1.87. The normalized spacial score (nSPS) is 18.7. The summed E-state index contributed by atoms with van der Waals surface area (Å²) < 4.78 is 11.8. The molecule has 2 fully saturated rings. The largest absolute Gasteiger partial charge is 0.416 e. The number of amides is 1. The molecule has 4 rings (SSSR count). The zero-order valence-corrected chi connectivity index (χ0v) is 35.3. The first-order chi connectivity index (χ1) is 23.2. The lowest BCUT2D eigenvalue weighted by Gasteiger charge is -2.36. The molecule has 1 saturated heterocycles. The molecular weight excluding hydrogens is 684 g/mol. The van der Waals surface area contributed by atoms with Crippen molar-refractivity contribution < 1.29 is 23.5 Å². The number of nitrogens with one attached hydrogen (secondary N) is 2. The predicted molar refractivity (Wildman–Crippen MR) is 213 cm³/mol. The molecular formula is C38H65ClN4O5Si2. The van der Waals surface area contributed by atoms with E-state index in [0.29, 0.717) is 16.6 Å². The van der Waals surface area contributed by atoms with Crippen molar-refractivity contribution in [3.05, 3.63) is 34.9 Å². The summed E-state index contributed by atoms with van der Waals surface area (Å²) in [6.45, 7) is 26.0. The lowest BCUT2D eigenvalue weighted by molar-refractivity contribution is -0.109. The smallest absolute Gasteiger partial charge is 0.253 e. The average molecular weight is 750 g/mol. The van der Waals surface area contributed by atoms with Crippen molar-refractivity contribution in [2.45, 2.75) is 134 Å². The van der Waals surface area contributed by atoms with E-state index >= 15 is 0 Å². The monoisotopic (exact) mass is 748 g/mol. The fourth-order valence-electron chi connectivity index (χ4n) is 5.85. The highest BCUT2D eigenvalue weighted by atomic mass is 35.5. The van der Waals surface area contributed by atoms with Gasteiger partial charge in [0.15, 0.2) is 16.6 Å². The van der Waals surface area contributed by atoms with E-state index in [1.54, 1.807) is 6.07 Å². The van der Waals surface area contributed by atoms with Crippen molar-refractivity contribution in [2.75, 3.05) is 44.3 Å². The third-order valence-corrected chi connectivity index (χ3v) is 20.6. The highest BCUT2D eigenvalue weighted by Crippen LogP contribution is 2.37. The summed E-state index contributed by atoms with van der Waals surface area (Å²) in [7, 11) is -3.38. The van der Waals surface area contributed by atoms with E-state index in [2.05, 4.69) is 83.3 Å². The molecule has 2 aliphatic rings. The molecule has 1 amide bonds. The van der Waals surface area contributed by atoms with Crippen LogP contribution in [0.4, 0.5) is 5.82 Å². The number of pyridine rings is 1. The fourth-order valence-corrected chi connectivity index (χ4v) is 8.06. The topological polar surface area (TPSA) is 113 Å². The molecule has 1 aromatic carbocycles. The van der Waals surface area contributed by atoms with Crippen molar-refractivity contribution in [1.82, 2.24) is 15.6 Å². The minimum Gasteiger partial charge on any atom is -0.416 e. The first-order valence-electron chi connectivity index (χ1n) is 18.5. The van der Waals surface area contributed by atoms with Crippen LogP contribution in [0.15, 0.2) is 24.3 Å². The van der Waals surface area contributed by atoms with Gasteiger partial charge in [-0.25, -0.2) is 4.98 Å². The Morgan fingerprint density at radius 1 is 1.00 bits per heavy atom. The Bertz CT molecular complexity index is 1420. The number of carbonyl (C=O) groups excluding carboxylic acids is 2. The summed E-state index contributed by atoms with van der Waals surface area (Å²) in [6.07, 6.45) is 7.57. The maximum atomic E-state index is 13.2. The Balaban J connectivity index is 0.000000530. The number of benzene rings is 1. The molecule has 3 N–H and O–H groups in total. The summed E-state index contributed by atoms with van der Waals surface area (Å²) in [6, 6.07) is 7.95. The predicted octanol–water partition coefficient (Wildman–Crippen LogP) is 8.10. The minimum atomic E-state index is -1.72. The average Bonchev–Trinajstić information content (AvgIpc) is 3.40. The van der Waals surface area contributed by atoms with Gasteiger partial charge in [0.25, 0.3) is 5.91 Å². The van der Waals surface area contributed by atoms with E-state index in [1.807, 2.05) is 18.2 Å². The van der Waals surface area contributed by atoms with Crippen LogP contribution in [-0.4, -0.2) is 90.0 Å². The van der Waals surface area contributed by atoms with Crippen LogP contribution in [0.25, 0.3) is 10.9 Å². The second-order valence-corrected chi connectivity index (χ2v) is 27.2. The highest BCUT2D eigenvalue weighted by Gasteiger charge is 2.38. The van der Waals surface area contributed by atoms with Crippen LogP contribution < -0.4 is 15.5 Å². The number of halogens is 1. The molecule has 12 heteroatoms. The number of hydrogen-bond acceptors (Lipinski definition) is 8. The van der Waals surface area contributed by atoms with Crippen LogP contribution in [0.5, 0.6) is 0 Å². The Labute approximate surface area is 308 Å². The molecule has 1 saturated carbocycles. The van der Waals surface area contributed by atoms with Gasteiger partial charge in [-0.1, -0.05) is 78.8 Å². The van der Waals surface area contributed by atoms with E-state index in [4.69, 9.17) is 25.4 Å². The number of aliphatic hydroxyl groups is 1. The van der Waals surface area contributed by atoms with Gasteiger partial charge in [0, 0.05) is 44.2 Å². The second kappa shape index (κ2) is 17.8. The molecule has 0 bridgehead atoms. The number of hydrogen-bond donors (Lipinski definition) is 3. The maximum Gasteiger partial charge on any atom is 0.253 e. The molecule has 282 valence electrons. The van der Waals surface area contributed by atoms with E-state index in [-0.39, 0.29) is 29.1 Å². The molecule has 1 aromatic heterocycles. The van der Waals surface area contributed by atoms with Crippen LogP contribution in [0.2, 0.25) is 41.3 Å². The minimum absolute atomic E-state index is 0.204. The van der Waals surface area contributed by atoms with Crippen LogP contribution in [-0.2, 0) is 13.6 Å². The summed E-state index contributed by atoms with van der Waals surface area (Å²) in [5.41, 5.74) is 0.328. The van der Waals surface area contributed by atoms with Crippen molar-refractivity contribution in [3.63, 3.8) is 0 Å². The molecule has 0 unspecified atom stereocenters. The summed E-state index contributed by atoms with van der Waals surface area (Å²) in [5, 5.41) is 19.1. The number of anilines is 1. The SMILES string of the molecule is CC(C)(C)[Si](C)(C)OCC=O.CC(C)(C)[Si](C)(C)OCCN[C@H]1CCN(c2ccc3c(C(=O)NCC4(O)CCCCCC4)c(Cl)ccc3n2)C1. The van der Waals surface area contributed by atoms with Gasteiger partial charge in [0.2, 0.25) is 0 Å². The number of nitrogens with zero attached hydrogens (tertiary/aromatic N) is 2. The van der Waals surface area contributed by atoms with Gasteiger partial charge in [0.1, 0.15) is 12.1 Å². The lowest BCUT2D eigenvalue weighted by atomic mass is 9.94. The Morgan fingerprint density at radius 3 is 2.22 bits per heavy atom. The summed E-state index contributed by atoms with van der Waals surface area (Å²) in [5.74, 6) is 0.647. The van der Waals surface area contributed by atoms with Crippen molar-refractivity contribution in [1.29, 1.82) is 0 Å². The number of rotatable bonds is 12. The third kappa shape index (κ3) is 11.8. The summed E-state index contributed by atoms with van der Waals surface area (Å²) >= 11 is 6.50.